The van der Waals surface area contributed by atoms with Crippen LogP contribution < -0.4 is 5.73 Å². The number of rotatable bonds is 0. The fourth-order valence-corrected chi connectivity index (χ4v) is 2.29. The maximum atomic E-state index is 12.0. The minimum Gasteiger partial charge on any atom is -0.443 e. The Morgan fingerprint density at radius 1 is 1.44 bits per heavy atom. The summed E-state index contributed by atoms with van der Waals surface area (Å²) >= 11 is 2.09. The van der Waals surface area contributed by atoms with Crippen molar-refractivity contribution in [2.45, 2.75) is 26.4 Å². The van der Waals surface area contributed by atoms with E-state index < -0.39 is 11.7 Å². The van der Waals surface area contributed by atoms with Crippen LogP contribution in [0.2, 0.25) is 0 Å². The number of carbonyl (C=O) groups excluding carboxylic acids is 1. The molecule has 0 unspecified atom stereocenters. The molecule has 0 aromatic carbocycles. The van der Waals surface area contributed by atoms with Gasteiger partial charge >= 0.3 is 6.09 Å². The monoisotopic (exact) mass is 360 g/mol. The number of hydrogen-bond acceptors (Lipinski definition) is 5. The average Bonchev–Trinajstić information content (AvgIpc) is 2.55. The molecule has 0 amide bonds. The summed E-state index contributed by atoms with van der Waals surface area (Å²) in [6.07, 6.45) is 2.49. The first-order chi connectivity index (χ1) is 8.29. The zero-order chi connectivity index (χ0) is 13.5. The van der Waals surface area contributed by atoms with Crippen molar-refractivity contribution in [1.82, 2.24) is 14.5 Å². The Balaban J connectivity index is 2.53. The molecule has 2 N–H and O–H groups in total. The molecular formula is C11H13IN4O2. The van der Waals surface area contributed by atoms with Gasteiger partial charge in [0, 0.05) is 9.77 Å². The summed E-state index contributed by atoms with van der Waals surface area (Å²) in [7, 11) is 0. The molecular weight excluding hydrogens is 347 g/mol. The highest BCUT2D eigenvalue weighted by Crippen LogP contribution is 2.25. The maximum Gasteiger partial charge on any atom is 0.420 e. The van der Waals surface area contributed by atoms with E-state index in [0.717, 1.165) is 3.57 Å². The Labute approximate surface area is 118 Å². The van der Waals surface area contributed by atoms with E-state index in [1.165, 1.54) is 10.9 Å². The zero-order valence-corrected chi connectivity index (χ0v) is 12.4. The van der Waals surface area contributed by atoms with Crippen LogP contribution in [0.3, 0.4) is 0 Å². The van der Waals surface area contributed by atoms with E-state index in [1.807, 2.05) is 20.8 Å². The number of nitrogens with zero attached hydrogens (tertiary/aromatic N) is 3. The van der Waals surface area contributed by atoms with E-state index in [0.29, 0.717) is 16.9 Å². The van der Waals surface area contributed by atoms with Gasteiger partial charge in [-0.15, -0.1) is 0 Å². The Hall–Kier alpha value is -1.38. The molecule has 0 aliphatic heterocycles. The van der Waals surface area contributed by atoms with Crippen molar-refractivity contribution < 1.29 is 9.53 Å². The van der Waals surface area contributed by atoms with Crippen LogP contribution in [0.1, 0.15) is 20.8 Å². The summed E-state index contributed by atoms with van der Waals surface area (Å²) in [6, 6.07) is 0. The Bertz CT molecular complexity index is 615. The first-order valence-corrected chi connectivity index (χ1v) is 6.38. The molecule has 7 heteroatoms. The summed E-state index contributed by atoms with van der Waals surface area (Å²) in [5.74, 6) is 0.353. The number of carbonyl (C=O) groups is 1. The molecule has 18 heavy (non-hydrogen) atoms. The van der Waals surface area contributed by atoms with Gasteiger partial charge < -0.3 is 10.5 Å². The van der Waals surface area contributed by atoms with Crippen LogP contribution >= 0.6 is 22.6 Å². The Kier molecular flexibility index (Phi) is 3.18. The molecule has 2 heterocycles. The number of anilines is 1. The summed E-state index contributed by atoms with van der Waals surface area (Å²) in [6.45, 7) is 5.43. The van der Waals surface area contributed by atoms with Crippen molar-refractivity contribution in [3.63, 3.8) is 0 Å². The van der Waals surface area contributed by atoms with Crippen molar-refractivity contribution >= 4 is 45.5 Å². The predicted octanol–water partition coefficient (Wildman–Crippen LogP) is 2.40. The summed E-state index contributed by atoms with van der Waals surface area (Å²) in [5, 5.41) is 0.670. The number of nitrogen functional groups attached to an aromatic ring is 1. The summed E-state index contributed by atoms with van der Waals surface area (Å²) in [4.78, 5) is 20.0. The number of aromatic nitrogens is 3. The largest absolute Gasteiger partial charge is 0.443 e. The molecule has 6 nitrogen and oxygen atoms in total. The summed E-state index contributed by atoms with van der Waals surface area (Å²) < 4.78 is 7.46. The van der Waals surface area contributed by atoms with Gasteiger partial charge in [0.05, 0.1) is 5.39 Å². The van der Waals surface area contributed by atoms with Crippen LogP contribution in [0.25, 0.3) is 11.0 Å². The highest BCUT2D eigenvalue weighted by Gasteiger charge is 2.21. The molecule has 2 aromatic rings. The van der Waals surface area contributed by atoms with E-state index in [1.54, 1.807) is 6.20 Å². The molecule has 0 fully saturated rings. The molecule has 96 valence electrons. The molecule has 0 saturated heterocycles. The van der Waals surface area contributed by atoms with E-state index >= 15 is 0 Å². The quantitative estimate of drug-likeness (QED) is 0.730. The number of fused-ring (bicyclic) bond motifs is 1. The lowest BCUT2D eigenvalue weighted by molar-refractivity contribution is 0.0543. The average molecular weight is 360 g/mol. The van der Waals surface area contributed by atoms with Crippen molar-refractivity contribution in [3.05, 3.63) is 16.1 Å². The Morgan fingerprint density at radius 3 is 2.72 bits per heavy atom. The minimum absolute atomic E-state index is 0.353. The van der Waals surface area contributed by atoms with Gasteiger partial charge in [-0.25, -0.2) is 19.3 Å². The normalized spacial score (nSPS) is 11.8. The lowest BCUT2D eigenvalue weighted by atomic mass is 10.2. The maximum absolute atomic E-state index is 12.0. The van der Waals surface area contributed by atoms with E-state index in [2.05, 4.69) is 32.6 Å². The van der Waals surface area contributed by atoms with Gasteiger partial charge in [0.25, 0.3) is 0 Å². The standard InChI is InChI=1S/C11H13IN4O2/c1-11(2,3)18-10(17)16-4-6(12)7-8(13)14-5-15-9(7)16/h4-5H,1-3H3,(H2,13,14,15). The van der Waals surface area contributed by atoms with Gasteiger partial charge in [0.2, 0.25) is 0 Å². The fraction of sp³-hybridized carbons (Fsp3) is 0.364. The number of ether oxygens (including phenoxy) is 1. The highest BCUT2D eigenvalue weighted by molar-refractivity contribution is 14.1. The zero-order valence-electron chi connectivity index (χ0n) is 10.3. The predicted molar refractivity (Wildman–Crippen MR) is 76.3 cm³/mol. The third kappa shape index (κ3) is 2.40. The molecule has 0 spiro atoms. The Morgan fingerprint density at radius 2 is 2.11 bits per heavy atom. The van der Waals surface area contributed by atoms with Crippen molar-refractivity contribution in [2.75, 3.05) is 5.73 Å². The minimum atomic E-state index is -0.558. The van der Waals surface area contributed by atoms with E-state index in [9.17, 15) is 4.79 Å². The smallest absolute Gasteiger partial charge is 0.420 e. The van der Waals surface area contributed by atoms with Crippen molar-refractivity contribution in [3.8, 4) is 0 Å². The first kappa shape index (κ1) is 13.1. The first-order valence-electron chi connectivity index (χ1n) is 5.30. The number of halogens is 1. The lowest BCUT2D eigenvalue weighted by Crippen LogP contribution is -2.26. The second kappa shape index (κ2) is 4.38. The number of nitrogens with two attached hydrogens (primary N) is 1. The molecule has 2 rings (SSSR count). The van der Waals surface area contributed by atoms with E-state index in [4.69, 9.17) is 10.5 Å². The molecule has 0 bridgehead atoms. The molecule has 0 radical (unpaired) electrons. The topological polar surface area (TPSA) is 83.0 Å². The van der Waals surface area contributed by atoms with Gasteiger partial charge in [-0.1, -0.05) is 0 Å². The summed E-state index contributed by atoms with van der Waals surface area (Å²) in [5.41, 5.74) is 5.68. The van der Waals surface area contributed by atoms with Gasteiger partial charge in [0.15, 0.2) is 5.65 Å². The third-order valence-corrected chi connectivity index (χ3v) is 2.97. The van der Waals surface area contributed by atoms with Gasteiger partial charge in [-0.2, -0.15) is 0 Å². The van der Waals surface area contributed by atoms with Crippen LogP contribution in [-0.4, -0.2) is 26.2 Å². The van der Waals surface area contributed by atoms with Gasteiger partial charge in [0.1, 0.15) is 17.7 Å². The van der Waals surface area contributed by atoms with Crippen LogP contribution in [0, 0.1) is 3.57 Å². The molecule has 0 atom stereocenters. The SMILES string of the molecule is CC(C)(C)OC(=O)n1cc(I)c2c(N)ncnc21. The molecule has 2 aromatic heterocycles. The van der Waals surface area contributed by atoms with Gasteiger partial charge in [-0.3, -0.25) is 0 Å². The second-order valence-electron chi connectivity index (χ2n) is 4.78. The van der Waals surface area contributed by atoms with Gasteiger partial charge in [-0.05, 0) is 43.4 Å². The molecule has 0 saturated carbocycles. The van der Waals surface area contributed by atoms with Crippen LogP contribution in [-0.2, 0) is 4.74 Å². The molecule has 0 aliphatic rings. The van der Waals surface area contributed by atoms with Crippen LogP contribution in [0.5, 0.6) is 0 Å². The second-order valence-corrected chi connectivity index (χ2v) is 5.95. The van der Waals surface area contributed by atoms with Crippen LogP contribution in [0.15, 0.2) is 12.5 Å². The number of hydrogen-bond donors (Lipinski definition) is 1. The molecule has 0 aliphatic carbocycles. The lowest BCUT2D eigenvalue weighted by Gasteiger charge is -2.19. The third-order valence-electron chi connectivity index (χ3n) is 2.16. The van der Waals surface area contributed by atoms with Crippen LogP contribution in [0.4, 0.5) is 10.6 Å². The van der Waals surface area contributed by atoms with E-state index in [-0.39, 0.29) is 0 Å². The van der Waals surface area contributed by atoms with Crippen molar-refractivity contribution in [1.29, 1.82) is 0 Å². The van der Waals surface area contributed by atoms with Crippen molar-refractivity contribution in [2.24, 2.45) is 0 Å². The fourth-order valence-electron chi connectivity index (χ4n) is 1.49. The highest BCUT2D eigenvalue weighted by atomic mass is 127.